The molecule has 0 spiro atoms. The fourth-order valence-electron chi connectivity index (χ4n) is 0.875. The maximum absolute atomic E-state index is 10.2. The summed E-state index contributed by atoms with van der Waals surface area (Å²) in [5.74, 6) is 0.192. The molecule has 0 radical (unpaired) electrons. The van der Waals surface area contributed by atoms with Gasteiger partial charge in [-0.25, -0.2) is 0 Å². The SMILES string of the molecule is CN/C(=C\[N+](=O)[O-])N/N=C/c1ccccn1. The van der Waals surface area contributed by atoms with Crippen molar-refractivity contribution in [1.29, 1.82) is 0 Å². The smallest absolute Gasteiger partial charge is 0.275 e. The lowest BCUT2D eigenvalue weighted by atomic mass is 10.4. The minimum atomic E-state index is -0.574. The summed E-state index contributed by atoms with van der Waals surface area (Å²) in [4.78, 5) is 13.6. The normalized spacial score (nSPS) is 11.4. The maximum atomic E-state index is 10.2. The van der Waals surface area contributed by atoms with E-state index in [2.05, 4.69) is 20.8 Å². The second-order valence-electron chi connectivity index (χ2n) is 2.70. The molecule has 16 heavy (non-hydrogen) atoms. The van der Waals surface area contributed by atoms with Gasteiger partial charge in [0.15, 0.2) is 5.82 Å². The van der Waals surface area contributed by atoms with E-state index in [1.165, 1.54) is 6.21 Å². The summed E-state index contributed by atoms with van der Waals surface area (Å²) >= 11 is 0. The van der Waals surface area contributed by atoms with Crippen molar-refractivity contribution in [1.82, 2.24) is 15.7 Å². The Labute approximate surface area is 92.0 Å². The zero-order valence-electron chi connectivity index (χ0n) is 8.62. The molecule has 1 rings (SSSR count). The first-order chi connectivity index (χ1) is 7.72. The number of nitrogens with one attached hydrogen (secondary N) is 2. The van der Waals surface area contributed by atoms with E-state index in [0.29, 0.717) is 5.69 Å². The molecule has 1 aromatic heterocycles. The van der Waals surface area contributed by atoms with Crippen molar-refractivity contribution in [2.75, 3.05) is 7.05 Å². The van der Waals surface area contributed by atoms with Gasteiger partial charge in [0, 0.05) is 13.2 Å². The second-order valence-corrected chi connectivity index (χ2v) is 2.70. The van der Waals surface area contributed by atoms with Crippen LogP contribution in [0.5, 0.6) is 0 Å². The van der Waals surface area contributed by atoms with E-state index < -0.39 is 4.92 Å². The molecule has 0 atom stereocenters. The number of rotatable bonds is 5. The molecule has 0 saturated carbocycles. The van der Waals surface area contributed by atoms with Crippen LogP contribution in [0.1, 0.15) is 5.69 Å². The van der Waals surface area contributed by atoms with Crippen molar-refractivity contribution in [2.24, 2.45) is 5.10 Å². The van der Waals surface area contributed by atoms with Gasteiger partial charge in [-0.3, -0.25) is 20.5 Å². The Morgan fingerprint density at radius 1 is 1.62 bits per heavy atom. The quantitative estimate of drug-likeness (QED) is 0.424. The van der Waals surface area contributed by atoms with Gasteiger partial charge in [0.05, 0.1) is 16.8 Å². The molecule has 7 heteroatoms. The van der Waals surface area contributed by atoms with Crippen LogP contribution in [-0.2, 0) is 0 Å². The van der Waals surface area contributed by atoms with Gasteiger partial charge in [-0.05, 0) is 12.1 Å². The van der Waals surface area contributed by atoms with E-state index in [-0.39, 0.29) is 5.82 Å². The van der Waals surface area contributed by atoms with Crippen LogP contribution in [0.4, 0.5) is 0 Å². The Morgan fingerprint density at radius 2 is 2.44 bits per heavy atom. The van der Waals surface area contributed by atoms with Crippen LogP contribution in [0, 0.1) is 10.1 Å². The molecule has 7 nitrogen and oxygen atoms in total. The number of pyridine rings is 1. The third-order valence-electron chi connectivity index (χ3n) is 1.57. The molecule has 84 valence electrons. The average molecular weight is 221 g/mol. The molecule has 0 unspecified atom stereocenters. The average Bonchev–Trinajstić information content (AvgIpc) is 2.28. The molecule has 2 N–H and O–H groups in total. The maximum Gasteiger partial charge on any atom is 0.275 e. The van der Waals surface area contributed by atoms with Crippen LogP contribution in [0.25, 0.3) is 0 Å². The van der Waals surface area contributed by atoms with Crippen molar-refractivity contribution in [3.05, 3.63) is 52.2 Å². The Kier molecular flexibility index (Phi) is 4.45. The number of hydrogen-bond donors (Lipinski definition) is 2. The number of nitrogens with zero attached hydrogens (tertiary/aromatic N) is 3. The number of aromatic nitrogens is 1. The van der Waals surface area contributed by atoms with Crippen molar-refractivity contribution < 1.29 is 4.92 Å². The molecule has 0 saturated heterocycles. The Balaban J connectivity index is 2.56. The van der Waals surface area contributed by atoms with Gasteiger partial charge >= 0.3 is 0 Å². The van der Waals surface area contributed by atoms with Crippen molar-refractivity contribution in [3.8, 4) is 0 Å². The van der Waals surface area contributed by atoms with E-state index >= 15 is 0 Å². The van der Waals surface area contributed by atoms with E-state index in [1.807, 2.05) is 6.07 Å². The Bertz CT molecular complexity index is 402. The molecule has 0 fully saturated rings. The minimum Gasteiger partial charge on any atom is -0.368 e. The molecule has 0 aliphatic heterocycles. The van der Waals surface area contributed by atoms with Crippen molar-refractivity contribution in [3.63, 3.8) is 0 Å². The van der Waals surface area contributed by atoms with Gasteiger partial charge in [0.1, 0.15) is 0 Å². The van der Waals surface area contributed by atoms with E-state index in [0.717, 1.165) is 6.20 Å². The zero-order chi connectivity index (χ0) is 11.8. The molecule has 0 aliphatic carbocycles. The fourth-order valence-corrected chi connectivity index (χ4v) is 0.875. The topological polar surface area (TPSA) is 92.5 Å². The highest BCUT2D eigenvalue weighted by atomic mass is 16.6. The van der Waals surface area contributed by atoms with Gasteiger partial charge in [-0.1, -0.05) is 6.07 Å². The first-order valence-corrected chi connectivity index (χ1v) is 4.45. The highest BCUT2D eigenvalue weighted by Crippen LogP contribution is 1.88. The predicted octanol–water partition coefficient (Wildman–Crippen LogP) is 0.300. The van der Waals surface area contributed by atoms with Crippen LogP contribution >= 0.6 is 0 Å². The number of hydrazone groups is 1. The summed E-state index contributed by atoms with van der Waals surface area (Å²) in [5.41, 5.74) is 3.15. The van der Waals surface area contributed by atoms with E-state index in [4.69, 9.17) is 0 Å². The lowest BCUT2D eigenvalue weighted by Gasteiger charge is -2.00. The van der Waals surface area contributed by atoms with E-state index in [1.54, 1.807) is 25.4 Å². The molecule has 0 aromatic carbocycles. The molecule has 0 aliphatic rings. The highest BCUT2D eigenvalue weighted by molar-refractivity contribution is 5.76. The van der Waals surface area contributed by atoms with Crippen LogP contribution in [0.15, 0.2) is 41.5 Å². The first kappa shape index (κ1) is 11.6. The summed E-state index contributed by atoms with van der Waals surface area (Å²) < 4.78 is 0. The third-order valence-corrected chi connectivity index (χ3v) is 1.57. The van der Waals surface area contributed by atoms with Gasteiger partial charge in [-0.15, -0.1) is 0 Å². The van der Waals surface area contributed by atoms with Gasteiger partial charge in [0.2, 0.25) is 0 Å². The molecule has 1 heterocycles. The molecular weight excluding hydrogens is 210 g/mol. The Hall–Kier alpha value is -2.44. The van der Waals surface area contributed by atoms with Gasteiger partial charge in [-0.2, -0.15) is 5.10 Å². The standard InChI is InChI=1S/C9H11N5O2/c1-10-9(7-14(15)16)13-12-6-8-4-2-3-5-11-8/h2-7,10,13H,1H3/b9-7+,12-6+. The minimum absolute atomic E-state index is 0.192. The fraction of sp³-hybridized carbons (Fsp3) is 0.111. The van der Waals surface area contributed by atoms with Crippen molar-refractivity contribution >= 4 is 6.21 Å². The van der Waals surface area contributed by atoms with Crippen LogP contribution in [-0.4, -0.2) is 23.2 Å². The van der Waals surface area contributed by atoms with Gasteiger partial charge in [0.25, 0.3) is 6.20 Å². The van der Waals surface area contributed by atoms with E-state index in [9.17, 15) is 10.1 Å². The summed E-state index contributed by atoms with van der Waals surface area (Å²) in [6.07, 6.45) is 3.88. The zero-order valence-corrected chi connectivity index (χ0v) is 8.62. The van der Waals surface area contributed by atoms with Crippen LogP contribution < -0.4 is 10.7 Å². The third kappa shape index (κ3) is 4.18. The molecular formula is C9H11N5O2. The molecule has 1 aromatic rings. The molecule has 0 bridgehead atoms. The van der Waals surface area contributed by atoms with Crippen LogP contribution in [0.3, 0.4) is 0 Å². The monoisotopic (exact) mass is 221 g/mol. The number of nitro groups is 1. The van der Waals surface area contributed by atoms with Crippen molar-refractivity contribution in [2.45, 2.75) is 0 Å². The predicted molar refractivity (Wildman–Crippen MR) is 59.1 cm³/mol. The van der Waals surface area contributed by atoms with Crippen LogP contribution in [0.2, 0.25) is 0 Å². The highest BCUT2D eigenvalue weighted by Gasteiger charge is 1.96. The Morgan fingerprint density at radius 3 is 3.00 bits per heavy atom. The lowest BCUT2D eigenvalue weighted by Crippen LogP contribution is -2.20. The second kappa shape index (κ2) is 6.12. The summed E-state index contributed by atoms with van der Waals surface area (Å²) in [7, 11) is 1.55. The number of hydrogen-bond acceptors (Lipinski definition) is 6. The molecule has 0 amide bonds. The largest absolute Gasteiger partial charge is 0.368 e. The van der Waals surface area contributed by atoms with Gasteiger partial charge < -0.3 is 5.32 Å². The summed E-state index contributed by atoms with van der Waals surface area (Å²) in [6.45, 7) is 0. The first-order valence-electron chi connectivity index (χ1n) is 4.45. The summed E-state index contributed by atoms with van der Waals surface area (Å²) in [6, 6.07) is 5.37. The lowest BCUT2D eigenvalue weighted by molar-refractivity contribution is -0.404. The summed E-state index contributed by atoms with van der Waals surface area (Å²) in [5, 5.41) is 16.6.